The van der Waals surface area contributed by atoms with Crippen LogP contribution in [0.2, 0.25) is 0 Å². The lowest BCUT2D eigenvalue weighted by atomic mass is 10.1. The van der Waals surface area contributed by atoms with E-state index in [-0.39, 0.29) is 18.8 Å². The molecular formula is C15H19NO5. The van der Waals surface area contributed by atoms with Crippen molar-refractivity contribution in [3.63, 3.8) is 0 Å². The Balaban J connectivity index is 1.44. The summed E-state index contributed by atoms with van der Waals surface area (Å²) in [5.74, 6) is 2.12. The van der Waals surface area contributed by atoms with Gasteiger partial charge in [-0.1, -0.05) is 0 Å². The van der Waals surface area contributed by atoms with Crippen molar-refractivity contribution >= 4 is 5.91 Å². The third kappa shape index (κ3) is 3.39. The summed E-state index contributed by atoms with van der Waals surface area (Å²) in [5, 5.41) is 9.43. The van der Waals surface area contributed by atoms with Gasteiger partial charge in [-0.15, -0.1) is 0 Å². The third-order valence-electron chi connectivity index (χ3n) is 3.75. The first kappa shape index (κ1) is 14.0. The van der Waals surface area contributed by atoms with E-state index < -0.39 is 0 Å². The molecule has 1 aromatic rings. The second-order valence-electron chi connectivity index (χ2n) is 5.23. The van der Waals surface area contributed by atoms with Crippen LogP contribution < -0.4 is 14.2 Å². The van der Waals surface area contributed by atoms with Crippen LogP contribution in [-0.2, 0) is 4.79 Å². The van der Waals surface area contributed by atoms with Gasteiger partial charge in [-0.25, -0.2) is 0 Å². The number of ether oxygens (including phenoxy) is 3. The van der Waals surface area contributed by atoms with Gasteiger partial charge in [0.05, 0.1) is 19.1 Å². The van der Waals surface area contributed by atoms with E-state index >= 15 is 0 Å². The Labute approximate surface area is 123 Å². The number of carbonyl (C=O) groups excluding carboxylic acids is 1. The van der Waals surface area contributed by atoms with Gasteiger partial charge in [-0.3, -0.25) is 4.79 Å². The highest BCUT2D eigenvalue weighted by Crippen LogP contribution is 2.35. The number of aliphatic hydroxyl groups is 1. The fraction of sp³-hybridized carbons (Fsp3) is 0.533. The van der Waals surface area contributed by atoms with Crippen LogP contribution in [0.15, 0.2) is 18.2 Å². The molecule has 1 fully saturated rings. The molecule has 3 rings (SSSR count). The topological polar surface area (TPSA) is 68.2 Å². The van der Waals surface area contributed by atoms with Crippen LogP contribution in [0.25, 0.3) is 0 Å². The first-order valence-electron chi connectivity index (χ1n) is 7.20. The number of nitrogens with zero attached hydrogens (tertiary/aromatic N) is 1. The van der Waals surface area contributed by atoms with E-state index in [2.05, 4.69) is 0 Å². The van der Waals surface area contributed by atoms with Crippen LogP contribution in [-0.4, -0.2) is 48.5 Å². The number of hydrogen-bond donors (Lipinski definition) is 1. The highest BCUT2D eigenvalue weighted by molar-refractivity contribution is 5.76. The number of amides is 1. The van der Waals surface area contributed by atoms with Gasteiger partial charge < -0.3 is 24.2 Å². The molecule has 0 saturated carbocycles. The molecule has 0 radical (unpaired) electrons. The standard InChI is InChI=1S/C15H19NO5/c17-11-3-6-16(7-4-11)15(18)5-8-19-12-1-2-13-14(9-12)21-10-20-13/h1-2,9,11,17H,3-8,10H2. The second-order valence-corrected chi connectivity index (χ2v) is 5.23. The Morgan fingerprint density at radius 1 is 1.29 bits per heavy atom. The molecule has 0 aromatic heterocycles. The number of benzene rings is 1. The highest BCUT2D eigenvalue weighted by Gasteiger charge is 2.21. The third-order valence-corrected chi connectivity index (χ3v) is 3.75. The van der Waals surface area contributed by atoms with Crippen LogP contribution in [0.5, 0.6) is 17.2 Å². The summed E-state index contributed by atoms with van der Waals surface area (Å²) >= 11 is 0. The Kier molecular flexibility index (Phi) is 4.15. The van der Waals surface area contributed by atoms with Crippen LogP contribution in [0.4, 0.5) is 0 Å². The Hall–Kier alpha value is -1.95. The molecule has 6 heteroatoms. The zero-order chi connectivity index (χ0) is 14.7. The highest BCUT2D eigenvalue weighted by atomic mass is 16.7. The van der Waals surface area contributed by atoms with Crippen LogP contribution in [0.1, 0.15) is 19.3 Å². The lowest BCUT2D eigenvalue weighted by molar-refractivity contribution is -0.133. The van der Waals surface area contributed by atoms with E-state index in [1.54, 1.807) is 23.1 Å². The molecule has 2 aliphatic rings. The summed E-state index contributed by atoms with van der Waals surface area (Å²) in [5.41, 5.74) is 0. The minimum atomic E-state index is -0.265. The summed E-state index contributed by atoms with van der Waals surface area (Å²) in [4.78, 5) is 13.8. The molecule has 0 atom stereocenters. The number of piperidine rings is 1. The molecule has 0 unspecified atom stereocenters. The lowest BCUT2D eigenvalue weighted by Crippen LogP contribution is -2.40. The minimum absolute atomic E-state index is 0.0719. The van der Waals surface area contributed by atoms with E-state index in [0.29, 0.717) is 56.2 Å². The van der Waals surface area contributed by atoms with E-state index in [1.165, 1.54) is 0 Å². The zero-order valence-corrected chi connectivity index (χ0v) is 11.8. The molecule has 2 aliphatic heterocycles. The van der Waals surface area contributed by atoms with E-state index in [4.69, 9.17) is 14.2 Å². The molecular weight excluding hydrogens is 274 g/mol. The van der Waals surface area contributed by atoms with Gasteiger partial charge >= 0.3 is 0 Å². The molecule has 1 saturated heterocycles. The SMILES string of the molecule is O=C(CCOc1ccc2c(c1)OCO2)N1CCC(O)CC1. The van der Waals surface area contributed by atoms with E-state index in [9.17, 15) is 9.90 Å². The van der Waals surface area contributed by atoms with Gasteiger partial charge in [0.15, 0.2) is 11.5 Å². The maximum atomic E-state index is 12.0. The van der Waals surface area contributed by atoms with Crippen LogP contribution in [0, 0.1) is 0 Å². The van der Waals surface area contributed by atoms with E-state index in [0.717, 1.165) is 0 Å². The molecule has 114 valence electrons. The van der Waals surface area contributed by atoms with Crippen molar-refractivity contribution in [2.75, 3.05) is 26.5 Å². The van der Waals surface area contributed by atoms with Crippen molar-refractivity contribution < 1.29 is 24.1 Å². The molecule has 0 spiro atoms. The number of likely N-dealkylation sites (tertiary alicyclic amines) is 1. The van der Waals surface area contributed by atoms with Crippen LogP contribution >= 0.6 is 0 Å². The predicted octanol–water partition coefficient (Wildman–Crippen LogP) is 1.17. The zero-order valence-electron chi connectivity index (χ0n) is 11.8. The molecule has 6 nitrogen and oxygen atoms in total. The van der Waals surface area contributed by atoms with Crippen molar-refractivity contribution in [2.24, 2.45) is 0 Å². The fourth-order valence-electron chi connectivity index (χ4n) is 2.50. The fourth-order valence-corrected chi connectivity index (χ4v) is 2.50. The quantitative estimate of drug-likeness (QED) is 0.902. The second kappa shape index (κ2) is 6.22. The number of aliphatic hydroxyl groups excluding tert-OH is 1. The number of hydrogen-bond acceptors (Lipinski definition) is 5. The summed E-state index contributed by atoms with van der Waals surface area (Å²) < 4.78 is 16.1. The monoisotopic (exact) mass is 293 g/mol. The smallest absolute Gasteiger partial charge is 0.231 e. The van der Waals surface area contributed by atoms with Crippen molar-refractivity contribution in [1.82, 2.24) is 4.90 Å². The first-order chi connectivity index (χ1) is 10.2. The van der Waals surface area contributed by atoms with Crippen LogP contribution in [0.3, 0.4) is 0 Å². The molecule has 0 bridgehead atoms. The molecule has 2 heterocycles. The molecule has 1 aromatic carbocycles. The average molecular weight is 293 g/mol. The largest absolute Gasteiger partial charge is 0.493 e. The number of rotatable bonds is 4. The summed E-state index contributed by atoms with van der Waals surface area (Å²) in [6, 6.07) is 5.37. The van der Waals surface area contributed by atoms with Gasteiger partial charge in [0.2, 0.25) is 12.7 Å². The van der Waals surface area contributed by atoms with Gasteiger partial charge in [-0.05, 0) is 25.0 Å². The molecule has 21 heavy (non-hydrogen) atoms. The summed E-state index contributed by atoms with van der Waals surface area (Å²) in [6.45, 7) is 1.82. The van der Waals surface area contributed by atoms with Crippen molar-refractivity contribution in [1.29, 1.82) is 0 Å². The van der Waals surface area contributed by atoms with Gasteiger partial charge in [0, 0.05) is 19.2 Å². The summed E-state index contributed by atoms with van der Waals surface area (Å²) in [7, 11) is 0. The van der Waals surface area contributed by atoms with E-state index in [1.807, 2.05) is 0 Å². The average Bonchev–Trinajstić information content (AvgIpc) is 2.95. The summed E-state index contributed by atoms with van der Waals surface area (Å²) in [6.07, 6.45) is 1.40. The maximum absolute atomic E-state index is 12.0. The Morgan fingerprint density at radius 2 is 2.05 bits per heavy atom. The van der Waals surface area contributed by atoms with Crippen molar-refractivity contribution in [2.45, 2.75) is 25.4 Å². The lowest BCUT2D eigenvalue weighted by Gasteiger charge is -2.29. The minimum Gasteiger partial charge on any atom is -0.493 e. The number of carbonyl (C=O) groups is 1. The van der Waals surface area contributed by atoms with Gasteiger partial charge in [0.1, 0.15) is 5.75 Å². The van der Waals surface area contributed by atoms with Crippen molar-refractivity contribution in [3.8, 4) is 17.2 Å². The normalized spacial score (nSPS) is 17.9. The van der Waals surface area contributed by atoms with Gasteiger partial charge in [0.25, 0.3) is 0 Å². The Morgan fingerprint density at radius 3 is 2.86 bits per heavy atom. The Bertz CT molecular complexity index is 511. The molecule has 0 aliphatic carbocycles. The predicted molar refractivity (Wildman–Crippen MR) is 74.5 cm³/mol. The first-order valence-corrected chi connectivity index (χ1v) is 7.20. The van der Waals surface area contributed by atoms with Crippen molar-refractivity contribution in [3.05, 3.63) is 18.2 Å². The maximum Gasteiger partial charge on any atom is 0.231 e. The molecule has 1 amide bonds. The molecule has 1 N–H and O–H groups in total. The number of fused-ring (bicyclic) bond motifs is 1. The van der Waals surface area contributed by atoms with Gasteiger partial charge in [-0.2, -0.15) is 0 Å².